The third kappa shape index (κ3) is 4.81. The highest BCUT2D eigenvalue weighted by molar-refractivity contribution is 7.99. The van der Waals surface area contributed by atoms with Crippen LogP contribution in [0.1, 0.15) is 20.3 Å². The first kappa shape index (κ1) is 15.4. The predicted molar refractivity (Wildman–Crippen MR) is 77.6 cm³/mol. The zero-order valence-corrected chi connectivity index (χ0v) is 12.6. The minimum absolute atomic E-state index is 0.0134. The summed E-state index contributed by atoms with van der Waals surface area (Å²) >= 11 is 1.79. The zero-order chi connectivity index (χ0) is 14.4. The molecule has 20 heavy (non-hydrogen) atoms. The lowest BCUT2D eigenvalue weighted by Crippen LogP contribution is -2.29. The first-order chi connectivity index (χ1) is 9.65. The largest absolute Gasteiger partial charge is 0.463 e. The molecule has 5 heteroatoms. The average Bonchev–Trinajstić information content (AvgIpc) is 2.78. The van der Waals surface area contributed by atoms with Gasteiger partial charge in [0.25, 0.3) is 0 Å². The van der Waals surface area contributed by atoms with Crippen LogP contribution in [0, 0.1) is 0 Å². The Bertz CT molecular complexity index is 423. The average molecular weight is 296 g/mol. The summed E-state index contributed by atoms with van der Waals surface area (Å²) in [6.45, 7) is 3.53. The van der Waals surface area contributed by atoms with Crippen molar-refractivity contribution in [3.63, 3.8) is 0 Å². The summed E-state index contributed by atoms with van der Waals surface area (Å²) < 4.78 is 16.4. The Morgan fingerprint density at radius 2 is 1.95 bits per heavy atom. The monoisotopic (exact) mass is 296 g/mol. The Hall–Kier alpha value is -1.04. The summed E-state index contributed by atoms with van der Waals surface area (Å²) in [5.41, 5.74) is 0. The summed E-state index contributed by atoms with van der Waals surface area (Å²) in [5, 5.41) is 0. The fraction of sp³-hybridized carbons (Fsp3) is 0.533. The molecular formula is C15H20O4S. The van der Waals surface area contributed by atoms with E-state index in [9.17, 15) is 4.79 Å². The molecule has 110 valence electrons. The normalized spacial score (nSPS) is 25.6. The molecule has 3 atom stereocenters. The van der Waals surface area contributed by atoms with Crippen molar-refractivity contribution in [2.45, 2.75) is 43.7 Å². The van der Waals surface area contributed by atoms with Crippen molar-refractivity contribution in [3.05, 3.63) is 30.3 Å². The number of ether oxygens (including phenoxy) is 3. The minimum Gasteiger partial charge on any atom is -0.463 e. The molecule has 1 aliphatic heterocycles. The van der Waals surface area contributed by atoms with Crippen LogP contribution in [-0.2, 0) is 19.0 Å². The molecule has 1 aliphatic rings. The van der Waals surface area contributed by atoms with Crippen LogP contribution < -0.4 is 0 Å². The lowest BCUT2D eigenvalue weighted by molar-refractivity contribution is -0.145. The molecular weight excluding hydrogens is 276 g/mol. The van der Waals surface area contributed by atoms with E-state index < -0.39 is 0 Å². The first-order valence-corrected chi connectivity index (χ1v) is 7.76. The van der Waals surface area contributed by atoms with Crippen LogP contribution in [0.3, 0.4) is 0 Å². The van der Waals surface area contributed by atoms with E-state index in [0.717, 1.165) is 12.2 Å². The number of rotatable bonds is 6. The molecule has 1 fully saturated rings. The van der Waals surface area contributed by atoms with Gasteiger partial charge in [0.15, 0.2) is 6.29 Å². The summed E-state index contributed by atoms with van der Waals surface area (Å²) in [7, 11) is 0. The van der Waals surface area contributed by atoms with Gasteiger partial charge >= 0.3 is 5.97 Å². The van der Waals surface area contributed by atoms with Gasteiger partial charge in [0, 0.05) is 17.6 Å². The van der Waals surface area contributed by atoms with Crippen LogP contribution in [0.25, 0.3) is 0 Å². The molecule has 0 aromatic heterocycles. The summed E-state index contributed by atoms with van der Waals surface area (Å²) in [5.74, 6) is 0.659. The van der Waals surface area contributed by atoms with E-state index in [4.69, 9.17) is 14.2 Å². The van der Waals surface area contributed by atoms with E-state index in [1.807, 2.05) is 25.1 Å². The number of carbonyl (C=O) groups is 1. The van der Waals surface area contributed by atoms with Gasteiger partial charge in [-0.05, 0) is 25.5 Å². The van der Waals surface area contributed by atoms with Crippen molar-refractivity contribution in [2.75, 3.05) is 12.4 Å². The Morgan fingerprint density at radius 3 is 2.65 bits per heavy atom. The second-order valence-corrected chi connectivity index (χ2v) is 5.84. The van der Waals surface area contributed by atoms with E-state index in [0.29, 0.717) is 0 Å². The van der Waals surface area contributed by atoms with Crippen molar-refractivity contribution < 1.29 is 19.0 Å². The number of thioether (sulfide) groups is 1. The van der Waals surface area contributed by atoms with Gasteiger partial charge < -0.3 is 14.2 Å². The number of esters is 1. The Labute approximate surface area is 123 Å². The minimum atomic E-state index is -0.287. The van der Waals surface area contributed by atoms with Crippen molar-refractivity contribution in [1.82, 2.24) is 0 Å². The second-order valence-electron chi connectivity index (χ2n) is 4.67. The maximum atomic E-state index is 10.9. The van der Waals surface area contributed by atoms with Gasteiger partial charge in [-0.1, -0.05) is 18.2 Å². The predicted octanol–water partition coefficient (Wildman–Crippen LogP) is 2.86. The van der Waals surface area contributed by atoms with Gasteiger partial charge in [0.2, 0.25) is 0 Å². The molecule has 1 heterocycles. The molecule has 0 spiro atoms. The fourth-order valence-electron chi connectivity index (χ4n) is 2.11. The standard InChI is InChI=1S/C15H20O4S/c1-11(16)17-10-15-14(18-12(2)19-15)8-9-20-13-6-4-3-5-7-13/h3-7,12,14-15H,8-10H2,1-2H3/t12-,14-,15+/m0/s1. The fourth-order valence-corrected chi connectivity index (χ4v) is 3.04. The highest BCUT2D eigenvalue weighted by Crippen LogP contribution is 2.25. The highest BCUT2D eigenvalue weighted by atomic mass is 32.2. The van der Waals surface area contributed by atoms with Gasteiger partial charge in [-0.2, -0.15) is 0 Å². The molecule has 0 amide bonds. The molecule has 0 unspecified atom stereocenters. The van der Waals surface area contributed by atoms with E-state index in [2.05, 4.69) is 12.1 Å². The highest BCUT2D eigenvalue weighted by Gasteiger charge is 2.34. The number of hydrogen-bond acceptors (Lipinski definition) is 5. The van der Waals surface area contributed by atoms with Crippen LogP contribution >= 0.6 is 11.8 Å². The molecule has 0 aliphatic carbocycles. The van der Waals surface area contributed by atoms with E-state index in [-0.39, 0.29) is 31.1 Å². The van der Waals surface area contributed by atoms with Gasteiger partial charge in [0.1, 0.15) is 12.7 Å². The molecule has 2 rings (SSSR count). The third-order valence-electron chi connectivity index (χ3n) is 3.01. The van der Waals surface area contributed by atoms with E-state index >= 15 is 0 Å². The van der Waals surface area contributed by atoms with E-state index in [1.165, 1.54) is 11.8 Å². The SMILES string of the molecule is CC(=O)OC[C@H]1O[C@@H](C)O[C@H]1CCSc1ccccc1. The van der Waals surface area contributed by atoms with Crippen molar-refractivity contribution >= 4 is 17.7 Å². The van der Waals surface area contributed by atoms with Crippen molar-refractivity contribution in [1.29, 1.82) is 0 Å². The molecule has 0 saturated carbocycles. The Balaban J connectivity index is 1.76. The van der Waals surface area contributed by atoms with E-state index in [1.54, 1.807) is 11.8 Å². The van der Waals surface area contributed by atoms with Crippen LogP contribution in [0.5, 0.6) is 0 Å². The van der Waals surface area contributed by atoms with Crippen molar-refractivity contribution in [3.8, 4) is 0 Å². The number of carbonyl (C=O) groups excluding carboxylic acids is 1. The first-order valence-electron chi connectivity index (χ1n) is 6.77. The van der Waals surface area contributed by atoms with Gasteiger partial charge in [0.05, 0.1) is 6.10 Å². The maximum Gasteiger partial charge on any atom is 0.302 e. The van der Waals surface area contributed by atoms with Crippen molar-refractivity contribution in [2.24, 2.45) is 0 Å². The molecule has 1 aromatic carbocycles. The molecule has 4 nitrogen and oxygen atoms in total. The van der Waals surface area contributed by atoms with Crippen LogP contribution in [0.4, 0.5) is 0 Å². The number of hydrogen-bond donors (Lipinski definition) is 0. The summed E-state index contributed by atoms with van der Waals surface area (Å²) in [6.07, 6.45) is 0.462. The van der Waals surface area contributed by atoms with Gasteiger partial charge in [-0.15, -0.1) is 11.8 Å². The lowest BCUT2D eigenvalue weighted by Gasteiger charge is -2.16. The quantitative estimate of drug-likeness (QED) is 0.596. The van der Waals surface area contributed by atoms with Crippen LogP contribution in [0.2, 0.25) is 0 Å². The topological polar surface area (TPSA) is 44.8 Å². The maximum absolute atomic E-state index is 10.9. The Kier molecular flexibility index (Phi) is 5.88. The molecule has 0 bridgehead atoms. The zero-order valence-electron chi connectivity index (χ0n) is 11.8. The van der Waals surface area contributed by atoms with Gasteiger partial charge in [-0.25, -0.2) is 0 Å². The Morgan fingerprint density at radius 1 is 1.25 bits per heavy atom. The van der Waals surface area contributed by atoms with Gasteiger partial charge in [-0.3, -0.25) is 4.79 Å². The van der Waals surface area contributed by atoms with Crippen LogP contribution in [-0.4, -0.2) is 36.8 Å². The lowest BCUT2D eigenvalue weighted by atomic mass is 10.2. The number of benzene rings is 1. The molecule has 1 aromatic rings. The smallest absolute Gasteiger partial charge is 0.302 e. The summed E-state index contributed by atoms with van der Waals surface area (Å²) in [6, 6.07) is 10.3. The second kappa shape index (κ2) is 7.67. The molecule has 0 radical (unpaired) electrons. The third-order valence-corrected chi connectivity index (χ3v) is 4.06. The summed E-state index contributed by atoms with van der Waals surface area (Å²) in [4.78, 5) is 12.1. The molecule has 1 saturated heterocycles. The molecule has 0 N–H and O–H groups in total. The van der Waals surface area contributed by atoms with Crippen LogP contribution in [0.15, 0.2) is 35.2 Å².